The summed E-state index contributed by atoms with van der Waals surface area (Å²) in [6, 6.07) is 9.13. The monoisotopic (exact) mass is 290 g/mol. The number of fused-ring (bicyclic) bond motifs is 1. The Hall–Kier alpha value is -2.01. The second-order valence-corrected chi connectivity index (χ2v) is 5.51. The Morgan fingerprint density at radius 1 is 1.25 bits per heavy atom. The molecule has 5 heteroatoms. The van der Waals surface area contributed by atoms with Gasteiger partial charge in [-0.1, -0.05) is 6.92 Å². The van der Waals surface area contributed by atoms with Crippen molar-refractivity contribution in [3.8, 4) is 17.2 Å². The maximum atomic E-state index is 12.0. The van der Waals surface area contributed by atoms with Gasteiger partial charge < -0.3 is 14.2 Å². The number of aryl methyl sites for hydroxylation is 1. The van der Waals surface area contributed by atoms with Gasteiger partial charge >= 0.3 is 0 Å². The zero-order valence-corrected chi connectivity index (χ0v) is 11.9. The molecule has 2 heterocycles. The minimum Gasteiger partial charge on any atom is -0.485 e. The van der Waals surface area contributed by atoms with Crippen molar-refractivity contribution >= 4 is 17.1 Å². The SMILES string of the molecule is CCc1ccc(C(=O)COc2ccc3c(c2)OCO3)s1. The number of hydrogen-bond donors (Lipinski definition) is 0. The lowest BCUT2D eigenvalue weighted by molar-refractivity contribution is 0.0925. The smallest absolute Gasteiger partial charge is 0.231 e. The Balaban J connectivity index is 1.63. The predicted molar refractivity (Wildman–Crippen MR) is 76.1 cm³/mol. The zero-order chi connectivity index (χ0) is 13.9. The van der Waals surface area contributed by atoms with Crippen LogP contribution in [0.2, 0.25) is 0 Å². The van der Waals surface area contributed by atoms with Gasteiger partial charge in [0.25, 0.3) is 0 Å². The van der Waals surface area contributed by atoms with E-state index in [1.54, 1.807) is 18.2 Å². The highest BCUT2D eigenvalue weighted by molar-refractivity contribution is 7.14. The molecule has 2 aromatic rings. The van der Waals surface area contributed by atoms with E-state index < -0.39 is 0 Å². The molecule has 0 spiro atoms. The third-order valence-electron chi connectivity index (χ3n) is 3.00. The van der Waals surface area contributed by atoms with Crippen molar-refractivity contribution < 1.29 is 19.0 Å². The topological polar surface area (TPSA) is 44.8 Å². The summed E-state index contributed by atoms with van der Waals surface area (Å²) in [6.07, 6.45) is 0.945. The van der Waals surface area contributed by atoms with E-state index in [9.17, 15) is 4.79 Å². The van der Waals surface area contributed by atoms with Crippen LogP contribution in [-0.2, 0) is 6.42 Å². The second kappa shape index (κ2) is 5.54. The third-order valence-corrected chi connectivity index (χ3v) is 4.27. The van der Waals surface area contributed by atoms with E-state index in [0.29, 0.717) is 17.2 Å². The lowest BCUT2D eigenvalue weighted by atomic mass is 10.3. The highest BCUT2D eigenvalue weighted by Gasteiger charge is 2.15. The van der Waals surface area contributed by atoms with Crippen molar-refractivity contribution in [3.05, 3.63) is 40.1 Å². The lowest BCUT2D eigenvalue weighted by Gasteiger charge is -2.05. The second-order valence-electron chi connectivity index (χ2n) is 4.35. The standard InChI is InChI=1S/C15H14O4S/c1-2-11-4-6-15(20-11)12(16)8-17-10-3-5-13-14(7-10)19-9-18-13/h3-7H,2,8-9H2,1H3. The first kappa shape index (κ1) is 13.0. The summed E-state index contributed by atoms with van der Waals surface area (Å²) in [7, 11) is 0. The molecule has 0 radical (unpaired) electrons. The van der Waals surface area contributed by atoms with Gasteiger partial charge in [0.2, 0.25) is 12.6 Å². The van der Waals surface area contributed by atoms with E-state index in [1.165, 1.54) is 16.2 Å². The minimum atomic E-state index is -0.00707. The zero-order valence-electron chi connectivity index (χ0n) is 11.0. The van der Waals surface area contributed by atoms with Crippen LogP contribution in [0.15, 0.2) is 30.3 Å². The van der Waals surface area contributed by atoms with Gasteiger partial charge in [-0.2, -0.15) is 0 Å². The van der Waals surface area contributed by atoms with E-state index in [2.05, 4.69) is 6.92 Å². The third kappa shape index (κ3) is 2.63. The summed E-state index contributed by atoms with van der Waals surface area (Å²) >= 11 is 1.52. The minimum absolute atomic E-state index is 0.00707. The first-order valence-corrected chi connectivity index (χ1v) is 7.22. The van der Waals surface area contributed by atoms with Crippen molar-refractivity contribution in [1.82, 2.24) is 0 Å². The largest absolute Gasteiger partial charge is 0.485 e. The Kier molecular flexibility index (Phi) is 3.60. The molecule has 0 amide bonds. The van der Waals surface area contributed by atoms with Gasteiger partial charge in [0, 0.05) is 10.9 Å². The van der Waals surface area contributed by atoms with Crippen LogP contribution in [0.3, 0.4) is 0 Å². The molecule has 20 heavy (non-hydrogen) atoms. The van der Waals surface area contributed by atoms with Gasteiger partial charge in [-0.05, 0) is 30.7 Å². The molecule has 1 aromatic carbocycles. The van der Waals surface area contributed by atoms with Crippen molar-refractivity contribution in [3.63, 3.8) is 0 Å². The number of hydrogen-bond acceptors (Lipinski definition) is 5. The number of carbonyl (C=O) groups excluding carboxylic acids is 1. The molecule has 3 rings (SSSR count). The first-order valence-electron chi connectivity index (χ1n) is 6.40. The number of carbonyl (C=O) groups is 1. The molecule has 0 aliphatic carbocycles. The summed E-state index contributed by atoms with van der Waals surface area (Å²) < 4.78 is 16.0. The summed E-state index contributed by atoms with van der Waals surface area (Å²) in [5.74, 6) is 1.95. The van der Waals surface area contributed by atoms with Crippen LogP contribution in [0.4, 0.5) is 0 Å². The number of rotatable bonds is 5. The maximum Gasteiger partial charge on any atom is 0.231 e. The Bertz CT molecular complexity index is 633. The molecule has 0 bridgehead atoms. The Morgan fingerprint density at radius 2 is 2.10 bits per heavy atom. The van der Waals surface area contributed by atoms with Gasteiger partial charge in [0.15, 0.2) is 18.1 Å². The fourth-order valence-electron chi connectivity index (χ4n) is 1.90. The average Bonchev–Trinajstić information content (AvgIpc) is 3.12. The van der Waals surface area contributed by atoms with Crippen LogP contribution in [0.1, 0.15) is 21.5 Å². The predicted octanol–water partition coefficient (Wildman–Crippen LogP) is 3.30. The molecule has 0 fully saturated rings. The molecular formula is C15H14O4S. The van der Waals surface area contributed by atoms with E-state index in [1.807, 2.05) is 12.1 Å². The molecule has 0 unspecified atom stereocenters. The highest BCUT2D eigenvalue weighted by atomic mass is 32.1. The van der Waals surface area contributed by atoms with E-state index >= 15 is 0 Å². The molecular weight excluding hydrogens is 276 g/mol. The fourth-order valence-corrected chi connectivity index (χ4v) is 2.78. The van der Waals surface area contributed by atoms with Gasteiger partial charge in [-0.25, -0.2) is 0 Å². The van der Waals surface area contributed by atoms with Crippen molar-refractivity contribution in [2.75, 3.05) is 13.4 Å². The van der Waals surface area contributed by atoms with Gasteiger partial charge in [0.1, 0.15) is 5.75 Å². The van der Waals surface area contributed by atoms with E-state index in [0.717, 1.165) is 11.3 Å². The molecule has 0 atom stereocenters. The fraction of sp³-hybridized carbons (Fsp3) is 0.267. The quantitative estimate of drug-likeness (QED) is 0.793. The summed E-state index contributed by atoms with van der Waals surface area (Å²) in [5, 5.41) is 0. The number of Topliss-reactive ketones (excluding diaryl/α,β-unsaturated/α-hetero) is 1. The van der Waals surface area contributed by atoms with Gasteiger partial charge in [0.05, 0.1) is 4.88 Å². The summed E-state index contributed by atoms with van der Waals surface area (Å²) in [6.45, 7) is 2.33. The van der Waals surface area contributed by atoms with Crippen LogP contribution in [-0.4, -0.2) is 19.2 Å². The number of benzene rings is 1. The number of ether oxygens (including phenoxy) is 3. The normalized spacial score (nSPS) is 12.4. The van der Waals surface area contributed by atoms with E-state index in [4.69, 9.17) is 14.2 Å². The molecule has 0 saturated heterocycles. The molecule has 1 aromatic heterocycles. The molecule has 1 aliphatic rings. The molecule has 1 aliphatic heterocycles. The van der Waals surface area contributed by atoms with Crippen LogP contribution < -0.4 is 14.2 Å². The van der Waals surface area contributed by atoms with Crippen molar-refractivity contribution in [2.45, 2.75) is 13.3 Å². The van der Waals surface area contributed by atoms with Gasteiger partial charge in [-0.3, -0.25) is 4.79 Å². The Labute approximate surface area is 120 Å². The van der Waals surface area contributed by atoms with Crippen molar-refractivity contribution in [1.29, 1.82) is 0 Å². The van der Waals surface area contributed by atoms with E-state index in [-0.39, 0.29) is 19.2 Å². The molecule has 4 nitrogen and oxygen atoms in total. The van der Waals surface area contributed by atoms with Crippen LogP contribution >= 0.6 is 11.3 Å². The number of ketones is 1. The number of thiophene rings is 1. The van der Waals surface area contributed by atoms with Crippen LogP contribution in [0.25, 0.3) is 0 Å². The Morgan fingerprint density at radius 3 is 2.90 bits per heavy atom. The molecule has 0 saturated carbocycles. The van der Waals surface area contributed by atoms with Crippen LogP contribution in [0, 0.1) is 0 Å². The van der Waals surface area contributed by atoms with Crippen LogP contribution in [0.5, 0.6) is 17.2 Å². The van der Waals surface area contributed by atoms with Gasteiger partial charge in [-0.15, -0.1) is 11.3 Å². The molecule has 104 valence electrons. The first-order chi connectivity index (χ1) is 9.76. The summed E-state index contributed by atoms with van der Waals surface area (Å²) in [5.41, 5.74) is 0. The lowest BCUT2D eigenvalue weighted by Crippen LogP contribution is -2.09. The average molecular weight is 290 g/mol. The summed E-state index contributed by atoms with van der Waals surface area (Å²) in [4.78, 5) is 14.0. The molecule has 0 N–H and O–H groups in total. The highest BCUT2D eigenvalue weighted by Crippen LogP contribution is 2.35. The maximum absolute atomic E-state index is 12.0. The van der Waals surface area contributed by atoms with Crippen molar-refractivity contribution in [2.24, 2.45) is 0 Å².